The number of aromatic nitrogens is 3. The van der Waals surface area contributed by atoms with Gasteiger partial charge in [0, 0.05) is 0 Å². The van der Waals surface area contributed by atoms with Crippen molar-refractivity contribution in [2.75, 3.05) is 13.2 Å². The lowest BCUT2D eigenvalue weighted by Gasteiger charge is -2.17. The highest BCUT2D eigenvalue weighted by Gasteiger charge is 2.42. The summed E-state index contributed by atoms with van der Waals surface area (Å²) in [5, 5.41) is 9.45. The largest absolute Gasteiger partial charge is 0.490 e. The van der Waals surface area contributed by atoms with Crippen molar-refractivity contribution in [2.24, 2.45) is 0 Å². The summed E-state index contributed by atoms with van der Waals surface area (Å²) >= 11 is 0. The summed E-state index contributed by atoms with van der Waals surface area (Å²) in [6, 6.07) is 8.51. The smallest absolute Gasteiger partial charge is 0.435 e. The van der Waals surface area contributed by atoms with E-state index in [0.717, 1.165) is 24.3 Å². The Morgan fingerprint density at radius 2 is 1.70 bits per heavy atom. The van der Waals surface area contributed by atoms with Gasteiger partial charge in [0.05, 0.1) is 24.9 Å². The second-order valence-electron chi connectivity index (χ2n) is 6.94. The lowest BCUT2D eigenvalue weighted by molar-refractivity contribution is -0.143. The topological polar surface area (TPSA) is 78.3 Å². The minimum atomic E-state index is -4.94. The van der Waals surface area contributed by atoms with Gasteiger partial charge in [0.25, 0.3) is 5.91 Å². The third kappa shape index (κ3) is 5.41. The molecule has 1 heterocycles. The maximum absolute atomic E-state index is 13.8. The molecule has 0 saturated heterocycles. The first-order chi connectivity index (χ1) is 15.7. The van der Waals surface area contributed by atoms with Crippen LogP contribution in [0.2, 0.25) is 0 Å². The van der Waals surface area contributed by atoms with E-state index in [1.165, 1.54) is 0 Å². The van der Waals surface area contributed by atoms with Crippen molar-refractivity contribution < 1.29 is 31.8 Å². The number of rotatable bonds is 8. The molecule has 33 heavy (non-hydrogen) atoms. The van der Waals surface area contributed by atoms with Crippen molar-refractivity contribution in [3.05, 3.63) is 65.2 Å². The van der Waals surface area contributed by atoms with E-state index in [2.05, 4.69) is 15.6 Å². The zero-order valence-corrected chi connectivity index (χ0v) is 18.1. The standard InChI is InChI=1S/C22H22F4N4O3/c1-4-32-17-11-6-14(12-18(17)33-5-2)13(3)27-21(31)19-20(22(24,25)26)30(29-28-19)16-9-7-15(23)8-10-16/h6-13H,4-5H2,1-3H3,(H,27,31). The highest BCUT2D eigenvalue weighted by atomic mass is 19.4. The number of nitrogens with one attached hydrogen (secondary N) is 1. The molecule has 1 atom stereocenters. The molecule has 0 aliphatic rings. The molecule has 3 aromatic rings. The van der Waals surface area contributed by atoms with Crippen LogP contribution in [0.1, 0.15) is 48.6 Å². The zero-order valence-electron chi connectivity index (χ0n) is 18.1. The molecule has 1 aromatic heterocycles. The summed E-state index contributed by atoms with van der Waals surface area (Å²) in [6.07, 6.45) is -4.94. The zero-order chi connectivity index (χ0) is 24.2. The quantitative estimate of drug-likeness (QED) is 0.487. The van der Waals surface area contributed by atoms with Gasteiger partial charge in [-0.1, -0.05) is 11.3 Å². The molecule has 7 nitrogen and oxygen atoms in total. The van der Waals surface area contributed by atoms with Crippen LogP contribution < -0.4 is 14.8 Å². The van der Waals surface area contributed by atoms with E-state index in [4.69, 9.17) is 9.47 Å². The molecule has 3 rings (SSSR count). The predicted molar refractivity (Wildman–Crippen MR) is 111 cm³/mol. The van der Waals surface area contributed by atoms with Crippen molar-refractivity contribution in [3.63, 3.8) is 0 Å². The van der Waals surface area contributed by atoms with E-state index in [1.54, 1.807) is 32.0 Å². The highest BCUT2D eigenvalue weighted by Crippen LogP contribution is 2.34. The van der Waals surface area contributed by atoms with Crippen LogP contribution in [0.3, 0.4) is 0 Å². The van der Waals surface area contributed by atoms with E-state index < -0.39 is 35.3 Å². The number of amides is 1. The van der Waals surface area contributed by atoms with Crippen LogP contribution in [0.25, 0.3) is 5.69 Å². The van der Waals surface area contributed by atoms with Gasteiger partial charge >= 0.3 is 6.18 Å². The Hall–Kier alpha value is -3.63. The van der Waals surface area contributed by atoms with Crippen molar-refractivity contribution in [3.8, 4) is 17.2 Å². The monoisotopic (exact) mass is 466 g/mol. The number of ether oxygens (including phenoxy) is 2. The van der Waals surface area contributed by atoms with Gasteiger partial charge in [0.15, 0.2) is 22.9 Å². The van der Waals surface area contributed by atoms with Crippen molar-refractivity contribution >= 4 is 5.91 Å². The minimum absolute atomic E-state index is 0.0869. The number of hydrogen-bond donors (Lipinski definition) is 1. The van der Waals surface area contributed by atoms with E-state index >= 15 is 0 Å². The molecule has 11 heteroatoms. The number of hydrogen-bond acceptors (Lipinski definition) is 5. The third-order valence-electron chi connectivity index (χ3n) is 4.64. The van der Waals surface area contributed by atoms with Gasteiger partial charge in [-0.2, -0.15) is 13.2 Å². The number of carbonyl (C=O) groups excluding carboxylic acids is 1. The number of nitrogens with zero attached hydrogens (tertiary/aromatic N) is 3. The summed E-state index contributed by atoms with van der Waals surface area (Å²) in [5.74, 6) is -0.713. The van der Waals surface area contributed by atoms with Crippen LogP contribution in [-0.4, -0.2) is 34.1 Å². The Morgan fingerprint density at radius 1 is 1.06 bits per heavy atom. The molecule has 2 aromatic carbocycles. The molecule has 0 saturated carbocycles. The second kappa shape index (κ2) is 9.88. The first-order valence-electron chi connectivity index (χ1n) is 10.1. The lowest BCUT2D eigenvalue weighted by atomic mass is 10.1. The molecule has 1 N–H and O–H groups in total. The molecule has 1 amide bonds. The fraction of sp³-hybridized carbons (Fsp3) is 0.318. The van der Waals surface area contributed by atoms with Crippen molar-refractivity contribution in [2.45, 2.75) is 33.0 Å². The maximum Gasteiger partial charge on any atom is 0.435 e. The number of halogens is 4. The van der Waals surface area contributed by atoms with Crippen LogP contribution in [0.5, 0.6) is 11.5 Å². The normalized spacial score (nSPS) is 12.3. The van der Waals surface area contributed by atoms with Gasteiger partial charge in [0.2, 0.25) is 0 Å². The Labute approximate surface area is 187 Å². The number of carbonyl (C=O) groups is 1. The number of benzene rings is 2. The summed E-state index contributed by atoms with van der Waals surface area (Å²) in [6.45, 7) is 6.04. The Balaban J connectivity index is 1.90. The molecular formula is C22H22F4N4O3. The number of alkyl halides is 3. The molecule has 0 spiro atoms. The summed E-state index contributed by atoms with van der Waals surface area (Å²) < 4.78 is 66.1. The second-order valence-corrected chi connectivity index (χ2v) is 6.94. The van der Waals surface area contributed by atoms with E-state index in [-0.39, 0.29) is 5.69 Å². The van der Waals surface area contributed by atoms with E-state index in [9.17, 15) is 22.4 Å². The predicted octanol–water partition coefficient (Wildman–Crippen LogP) is 4.71. The van der Waals surface area contributed by atoms with Crippen LogP contribution in [0, 0.1) is 5.82 Å². The van der Waals surface area contributed by atoms with Crippen molar-refractivity contribution in [1.82, 2.24) is 20.3 Å². The first kappa shape index (κ1) is 24.0. The van der Waals surface area contributed by atoms with E-state index in [0.29, 0.717) is 35.0 Å². The Kier molecular flexibility index (Phi) is 7.19. The van der Waals surface area contributed by atoms with Gasteiger partial charge in [-0.25, -0.2) is 9.07 Å². The fourth-order valence-corrected chi connectivity index (χ4v) is 3.14. The summed E-state index contributed by atoms with van der Waals surface area (Å²) in [7, 11) is 0. The van der Waals surface area contributed by atoms with Crippen LogP contribution in [0.15, 0.2) is 42.5 Å². The van der Waals surface area contributed by atoms with Gasteiger partial charge in [-0.15, -0.1) is 5.10 Å². The average Bonchev–Trinajstić information content (AvgIpc) is 3.22. The third-order valence-corrected chi connectivity index (χ3v) is 4.64. The van der Waals surface area contributed by atoms with Crippen LogP contribution in [-0.2, 0) is 6.18 Å². The van der Waals surface area contributed by atoms with Gasteiger partial charge in [-0.3, -0.25) is 4.79 Å². The molecule has 0 bridgehead atoms. The molecule has 176 valence electrons. The lowest BCUT2D eigenvalue weighted by Crippen LogP contribution is -2.29. The maximum atomic E-state index is 13.8. The molecule has 0 aliphatic heterocycles. The van der Waals surface area contributed by atoms with E-state index in [1.807, 2.05) is 6.92 Å². The average molecular weight is 466 g/mol. The highest BCUT2D eigenvalue weighted by molar-refractivity contribution is 5.93. The first-order valence-corrected chi connectivity index (χ1v) is 10.1. The summed E-state index contributed by atoms with van der Waals surface area (Å²) in [5.41, 5.74) is -1.75. The van der Waals surface area contributed by atoms with Gasteiger partial charge in [-0.05, 0) is 62.7 Å². The SMILES string of the molecule is CCOc1ccc(C(C)NC(=O)c2nnn(-c3ccc(F)cc3)c2C(F)(F)F)cc1OCC. The minimum Gasteiger partial charge on any atom is -0.490 e. The van der Waals surface area contributed by atoms with Crippen molar-refractivity contribution in [1.29, 1.82) is 0 Å². The summed E-state index contributed by atoms with van der Waals surface area (Å²) in [4.78, 5) is 12.7. The molecule has 1 unspecified atom stereocenters. The molecular weight excluding hydrogens is 444 g/mol. The molecule has 0 aliphatic carbocycles. The van der Waals surface area contributed by atoms with Gasteiger partial charge < -0.3 is 14.8 Å². The Morgan fingerprint density at radius 3 is 2.30 bits per heavy atom. The van der Waals surface area contributed by atoms with Gasteiger partial charge in [0.1, 0.15) is 5.82 Å². The molecule has 0 fully saturated rings. The fourth-order valence-electron chi connectivity index (χ4n) is 3.14. The van der Waals surface area contributed by atoms with Crippen LogP contribution in [0.4, 0.5) is 17.6 Å². The van der Waals surface area contributed by atoms with Crippen LogP contribution >= 0.6 is 0 Å². The molecule has 0 radical (unpaired) electrons. The Bertz CT molecular complexity index is 1110.